The number of thiazole rings is 1. The van der Waals surface area contributed by atoms with E-state index in [2.05, 4.69) is 15.2 Å². The summed E-state index contributed by atoms with van der Waals surface area (Å²) in [6.45, 7) is 0.750. The molecule has 1 N–H and O–H groups in total. The maximum Gasteiger partial charge on any atom is 0.272 e. The molecule has 1 saturated heterocycles. The fourth-order valence-corrected chi connectivity index (χ4v) is 4.11. The van der Waals surface area contributed by atoms with Crippen LogP contribution in [0.5, 0.6) is 5.75 Å². The van der Waals surface area contributed by atoms with Gasteiger partial charge >= 0.3 is 0 Å². The largest absolute Gasteiger partial charge is 0.497 e. The van der Waals surface area contributed by atoms with Crippen molar-refractivity contribution >= 4 is 17.2 Å². The summed E-state index contributed by atoms with van der Waals surface area (Å²) < 4.78 is 5.18. The molecule has 1 aliphatic heterocycles. The van der Waals surface area contributed by atoms with Gasteiger partial charge in [0.2, 0.25) is 0 Å². The Balaban J connectivity index is 1.56. The van der Waals surface area contributed by atoms with Crippen LogP contribution in [0.2, 0.25) is 0 Å². The number of carbonyl (C=O) groups is 1. The van der Waals surface area contributed by atoms with E-state index in [0.29, 0.717) is 5.69 Å². The number of hydrogen-bond donors (Lipinski definition) is 1. The molecule has 3 heterocycles. The Kier molecular flexibility index (Phi) is 4.71. The van der Waals surface area contributed by atoms with Crippen LogP contribution in [0, 0.1) is 0 Å². The van der Waals surface area contributed by atoms with Crippen LogP contribution in [0.4, 0.5) is 0 Å². The Morgan fingerprint density at radius 3 is 2.88 bits per heavy atom. The van der Waals surface area contributed by atoms with E-state index in [9.17, 15) is 4.79 Å². The maximum absolute atomic E-state index is 13.1. The van der Waals surface area contributed by atoms with Gasteiger partial charge in [0, 0.05) is 23.7 Å². The van der Waals surface area contributed by atoms with Crippen molar-refractivity contribution in [1.82, 2.24) is 20.1 Å². The van der Waals surface area contributed by atoms with Gasteiger partial charge in [0.05, 0.1) is 18.8 Å². The van der Waals surface area contributed by atoms with Gasteiger partial charge < -0.3 is 9.64 Å². The van der Waals surface area contributed by atoms with E-state index in [0.717, 1.165) is 47.8 Å². The molecule has 134 valence electrons. The maximum atomic E-state index is 13.1. The Morgan fingerprint density at radius 2 is 2.15 bits per heavy atom. The van der Waals surface area contributed by atoms with Crippen molar-refractivity contribution in [2.24, 2.45) is 0 Å². The number of nitrogens with zero attached hydrogens (tertiary/aromatic N) is 3. The molecule has 6 nitrogen and oxygen atoms in total. The fourth-order valence-electron chi connectivity index (χ4n) is 3.33. The quantitative estimate of drug-likeness (QED) is 0.758. The number of aromatic nitrogens is 3. The zero-order chi connectivity index (χ0) is 17.9. The molecule has 0 saturated carbocycles. The SMILES string of the molecule is COc1ccc(-c2cc(C(=O)N3CCCC[C@H]3c3nccs3)[nH]n2)cc1. The number of likely N-dealkylation sites (tertiary alicyclic amines) is 1. The highest BCUT2D eigenvalue weighted by atomic mass is 32.1. The van der Waals surface area contributed by atoms with Gasteiger partial charge in [0.15, 0.2) is 0 Å². The molecule has 1 atom stereocenters. The average Bonchev–Trinajstić information content (AvgIpc) is 3.40. The van der Waals surface area contributed by atoms with Gasteiger partial charge in [-0.15, -0.1) is 11.3 Å². The van der Waals surface area contributed by atoms with Gasteiger partial charge in [-0.1, -0.05) is 0 Å². The van der Waals surface area contributed by atoms with Crippen LogP contribution in [0.3, 0.4) is 0 Å². The normalized spacial score (nSPS) is 17.3. The summed E-state index contributed by atoms with van der Waals surface area (Å²) in [5, 5.41) is 10.2. The van der Waals surface area contributed by atoms with Crippen molar-refractivity contribution in [3.8, 4) is 17.0 Å². The third-order valence-electron chi connectivity index (χ3n) is 4.69. The first kappa shape index (κ1) is 16.8. The summed E-state index contributed by atoms with van der Waals surface area (Å²) in [4.78, 5) is 19.4. The zero-order valence-corrected chi connectivity index (χ0v) is 15.3. The molecule has 7 heteroatoms. The number of benzene rings is 1. The number of amides is 1. The van der Waals surface area contributed by atoms with E-state index in [1.54, 1.807) is 24.6 Å². The van der Waals surface area contributed by atoms with E-state index in [1.807, 2.05) is 40.6 Å². The highest BCUT2D eigenvalue weighted by molar-refractivity contribution is 7.09. The minimum Gasteiger partial charge on any atom is -0.497 e. The highest BCUT2D eigenvalue weighted by Crippen LogP contribution is 2.33. The van der Waals surface area contributed by atoms with Crippen LogP contribution in [-0.4, -0.2) is 39.6 Å². The molecule has 4 rings (SSSR count). The molecule has 1 fully saturated rings. The molecule has 0 bridgehead atoms. The summed E-state index contributed by atoms with van der Waals surface area (Å²) in [5.41, 5.74) is 2.20. The second kappa shape index (κ2) is 7.29. The molecule has 1 amide bonds. The number of hydrogen-bond acceptors (Lipinski definition) is 5. The molecule has 0 unspecified atom stereocenters. The summed E-state index contributed by atoms with van der Waals surface area (Å²) in [5.74, 6) is 0.775. The third kappa shape index (κ3) is 3.22. The van der Waals surface area contributed by atoms with Crippen LogP contribution < -0.4 is 4.74 Å². The lowest BCUT2D eigenvalue weighted by atomic mass is 10.0. The molecule has 1 aromatic carbocycles. The predicted molar refractivity (Wildman–Crippen MR) is 100 cm³/mol. The van der Waals surface area contributed by atoms with Gasteiger partial charge in [0.25, 0.3) is 5.91 Å². The molecule has 26 heavy (non-hydrogen) atoms. The van der Waals surface area contributed by atoms with Crippen molar-refractivity contribution in [3.05, 3.63) is 52.6 Å². The van der Waals surface area contributed by atoms with Gasteiger partial charge in [-0.2, -0.15) is 5.10 Å². The van der Waals surface area contributed by atoms with E-state index < -0.39 is 0 Å². The Morgan fingerprint density at radius 1 is 1.31 bits per heavy atom. The Labute approximate surface area is 155 Å². The molecule has 3 aromatic rings. The number of ether oxygens (including phenoxy) is 1. The number of piperidine rings is 1. The van der Waals surface area contributed by atoms with Crippen molar-refractivity contribution in [2.75, 3.05) is 13.7 Å². The van der Waals surface area contributed by atoms with Crippen molar-refractivity contribution in [2.45, 2.75) is 25.3 Å². The number of rotatable bonds is 4. The number of aromatic amines is 1. The van der Waals surface area contributed by atoms with Crippen molar-refractivity contribution < 1.29 is 9.53 Å². The minimum atomic E-state index is -0.0165. The lowest BCUT2D eigenvalue weighted by Crippen LogP contribution is -2.38. The summed E-state index contributed by atoms with van der Waals surface area (Å²) >= 11 is 1.61. The lowest BCUT2D eigenvalue weighted by molar-refractivity contribution is 0.0605. The Hall–Kier alpha value is -2.67. The smallest absolute Gasteiger partial charge is 0.272 e. The van der Waals surface area contributed by atoms with Gasteiger partial charge in [-0.3, -0.25) is 9.89 Å². The molecule has 0 radical (unpaired) electrons. The summed E-state index contributed by atoms with van der Waals surface area (Å²) in [6, 6.07) is 9.51. The van der Waals surface area contributed by atoms with Gasteiger partial charge in [0.1, 0.15) is 16.5 Å². The van der Waals surface area contributed by atoms with E-state index >= 15 is 0 Å². The third-order valence-corrected chi connectivity index (χ3v) is 5.57. The lowest BCUT2D eigenvalue weighted by Gasteiger charge is -2.34. The fraction of sp³-hybridized carbons (Fsp3) is 0.316. The van der Waals surface area contributed by atoms with E-state index in [-0.39, 0.29) is 11.9 Å². The summed E-state index contributed by atoms with van der Waals surface area (Å²) in [7, 11) is 1.64. The van der Waals surface area contributed by atoms with Crippen molar-refractivity contribution in [3.63, 3.8) is 0 Å². The van der Waals surface area contributed by atoms with Gasteiger partial charge in [-0.25, -0.2) is 4.98 Å². The molecule has 2 aromatic heterocycles. The molecule has 0 aliphatic carbocycles. The first-order valence-electron chi connectivity index (χ1n) is 8.66. The number of H-pyrrole nitrogens is 1. The molecule has 1 aliphatic rings. The summed E-state index contributed by atoms with van der Waals surface area (Å²) in [6.07, 6.45) is 4.90. The van der Waals surface area contributed by atoms with Crippen molar-refractivity contribution in [1.29, 1.82) is 0 Å². The predicted octanol–water partition coefficient (Wildman–Crippen LogP) is 3.91. The van der Waals surface area contributed by atoms with Crippen LogP contribution in [0.25, 0.3) is 11.3 Å². The number of carbonyl (C=O) groups excluding carboxylic acids is 1. The van der Waals surface area contributed by atoms with Crippen LogP contribution >= 0.6 is 11.3 Å². The van der Waals surface area contributed by atoms with Crippen LogP contribution in [-0.2, 0) is 0 Å². The second-order valence-electron chi connectivity index (χ2n) is 6.28. The number of nitrogens with one attached hydrogen (secondary N) is 1. The molecular formula is C19H20N4O2S. The standard InChI is InChI=1S/C19H20N4O2S/c1-25-14-7-5-13(6-8-14)15-12-16(22-21-15)19(24)23-10-3-2-4-17(23)18-20-9-11-26-18/h5-9,11-12,17H,2-4,10H2,1H3,(H,21,22)/t17-/m0/s1. The topological polar surface area (TPSA) is 71.1 Å². The second-order valence-corrected chi connectivity index (χ2v) is 7.20. The molecular weight excluding hydrogens is 348 g/mol. The van der Waals surface area contributed by atoms with Gasteiger partial charge in [-0.05, 0) is 49.6 Å². The highest BCUT2D eigenvalue weighted by Gasteiger charge is 2.31. The first-order valence-corrected chi connectivity index (χ1v) is 9.54. The monoisotopic (exact) mass is 368 g/mol. The zero-order valence-electron chi connectivity index (χ0n) is 14.5. The average molecular weight is 368 g/mol. The number of methoxy groups -OCH3 is 1. The minimum absolute atomic E-state index is 0.0165. The van der Waals surface area contributed by atoms with E-state index in [1.165, 1.54) is 0 Å². The molecule has 0 spiro atoms. The van der Waals surface area contributed by atoms with Crippen LogP contribution in [0.1, 0.15) is 40.8 Å². The Bertz CT molecular complexity index is 873. The first-order chi connectivity index (χ1) is 12.8. The van der Waals surface area contributed by atoms with Crippen LogP contribution in [0.15, 0.2) is 41.9 Å². The van der Waals surface area contributed by atoms with E-state index in [4.69, 9.17) is 4.74 Å².